The first-order valence-corrected chi connectivity index (χ1v) is 35.7. The lowest BCUT2D eigenvalue weighted by Gasteiger charge is -2.33. The first-order chi connectivity index (χ1) is 48.6. The van der Waals surface area contributed by atoms with E-state index in [9.17, 15) is 20.1 Å². The third kappa shape index (κ3) is 17.3. The van der Waals surface area contributed by atoms with Crippen LogP contribution < -0.4 is 25.8 Å². The maximum Gasteiger partial charge on any atom is 0.241 e. The Morgan fingerprint density at radius 1 is 0.490 bits per heavy atom. The fourth-order valence-corrected chi connectivity index (χ4v) is 14.6. The molecule has 0 amide bonds. The molecular formula is C74H100N18O8. The van der Waals surface area contributed by atoms with Crippen molar-refractivity contribution in [3.63, 3.8) is 0 Å². The molecule has 26 heteroatoms. The number of morpholine rings is 1. The number of methoxy groups -OCH3 is 3. The summed E-state index contributed by atoms with van der Waals surface area (Å²) in [7, 11) is 7.22. The number of fused-ring (bicyclic) bond motifs is 3. The van der Waals surface area contributed by atoms with Gasteiger partial charge in [-0.2, -0.15) is 0 Å². The molecule has 0 bridgehead atoms. The number of hydrogen-bond acceptors (Lipinski definition) is 23. The molecule has 14 rings (SSSR count). The number of rotatable bonds is 21. The third-order valence-electron chi connectivity index (χ3n) is 20.1. The van der Waals surface area contributed by atoms with Crippen LogP contribution in [0.25, 0.3) is 49.9 Å². The van der Waals surface area contributed by atoms with E-state index < -0.39 is 0 Å². The highest BCUT2D eigenvalue weighted by Gasteiger charge is 2.30. The summed E-state index contributed by atoms with van der Waals surface area (Å²) in [5.41, 5.74) is 13.0. The van der Waals surface area contributed by atoms with Gasteiger partial charge in [0.2, 0.25) is 17.8 Å². The van der Waals surface area contributed by atoms with Gasteiger partial charge in [-0.05, 0) is 166 Å². The lowest BCUT2D eigenvalue weighted by molar-refractivity contribution is 0.101. The van der Waals surface area contributed by atoms with Crippen LogP contribution in [0.2, 0.25) is 0 Å². The number of carbonyl (C=O) groups excluding carboxylic acids is 1. The Morgan fingerprint density at radius 3 is 1.34 bits per heavy atom. The van der Waals surface area contributed by atoms with Gasteiger partial charge < -0.3 is 64.9 Å². The van der Waals surface area contributed by atoms with Crippen molar-refractivity contribution in [1.29, 1.82) is 0 Å². The molecule has 2 saturated heterocycles. The van der Waals surface area contributed by atoms with E-state index in [1.54, 1.807) is 40.6 Å². The molecule has 0 aromatic carbocycles. The molecule has 9 aromatic rings. The number of piperazine rings is 1. The van der Waals surface area contributed by atoms with E-state index in [2.05, 4.69) is 117 Å². The average Bonchev–Trinajstić information content (AvgIpc) is 1.63. The standard InChI is InChI=1S/C26H37N7O2.C25H34N6O3.C23H29N5O3/c1-18(17-35-3)29-26-28-16-24-22(15-23(33(24)30-26)19-4-6-21(34)7-5-19)20-8-9-27-25(14-20)32-12-10-31(2)11-13-32;1-17(16-33-2)28-25-27-15-23-21(13-22(31(23)29-25)18-3-6-20(32)7-4-18)19-5-8-24(26-14-19)30-9-11-34-12-10-30;1-14(13-31-3)26-23-25-12-22-20(18-8-17(15(2)29)10-24-11-18)9-21(28(22)27-23)16-4-6-19(30)7-5-16/h8-9,14-16,18-19,21,34H,4-7,10-13,17H2,1-3H3,(H,29,30);5,8,13-15,17-18,20,32H,3-4,6-7,9-12,16H2,1-2H3,(H,28,29);8-12,14,16,19,30H,4-7,13H2,1-3H3,(H,26,27)/t18-,19?,21?;17-,18?,20?;14-,16?,19?/m000/s1. The molecule has 3 saturated carbocycles. The molecule has 26 nitrogen and oxygen atoms in total. The number of nitrogens with one attached hydrogen (secondary N) is 3. The highest BCUT2D eigenvalue weighted by atomic mass is 16.5. The molecule has 100 heavy (non-hydrogen) atoms. The van der Waals surface area contributed by atoms with E-state index in [0.29, 0.717) is 61.0 Å². The minimum absolute atomic E-state index is 0.0192. The number of aliphatic hydroxyl groups excluding tert-OH is 3. The molecule has 9 aromatic heterocycles. The van der Waals surface area contributed by atoms with Gasteiger partial charge in [0.05, 0.1) is 86.5 Å². The first-order valence-electron chi connectivity index (χ1n) is 35.7. The Bertz CT molecular complexity index is 4130. The van der Waals surface area contributed by atoms with Gasteiger partial charge in [-0.3, -0.25) is 9.78 Å². The number of hydrogen-bond donors (Lipinski definition) is 6. The predicted molar refractivity (Wildman–Crippen MR) is 388 cm³/mol. The van der Waals surface area contributed by atoms with Gasteiger partial charge >= 0.3 is 0 Å². The quantitative estimate of drug-likeness (QED) is 0.0365. The fourth-order valence-electron chi connectivity index (χ4n) is 14.6. The third-order valence-corrected chi connectivity index (χ3v) is 20.1. The van der Waals surface area contributed by atoms with Gasteiger partial charge in [0.25, 0.3) is 0 Å². The molecule has 2 aliphatic heterocycles. The number of ether oxygens (including phenoxy) is 4. The molecule has 0 unspecified atom stereocenters. The van der Waals surface area contributed by atoms with Crippen molar-refractivity contribution >= 4 is 51.8 Å². The van der Waals surface area contributed by atoms with Gasteiger partial charge in [0.1, 0.15) is 11.6 Å². The van der Waals surface area contributed by atoms with Crippen LogP contribution in [0, 0.1) is 0 Å². The first kappa shape index (κ1) is 71.5. The maximum absolute atomic E-state index is 11.9. The van der Waals surface area contributed by atoms with Crippen molar-refractivity contribution in [2.75, 3.05) is 126 Å². The minimum Gasteiger partial charge on any atom is -0.393 e. The smallest absolute Gasteiger partial charge is 0.241 e. The van der Waals surface area contributed by atoms with Gasteiger partial charge in [0, 0.05) is 172 Å². The number of aliphatic hydroxyl groups is 3. The zero-order valence-electron chi connectivity index (χ0n) is 59.2. The molecule has 0 radical (unpaired) electrons. The Hall–Kier alpha value is -8.34. The molecule has 5 aliphatic rings. The lowest BCUT2D eigenvalue weighted by atomic mass is 9.85. The van der Waals surface area contributed by atoms with Crippen LogP contribution >= 0.6 is 0 Å². The van der Waals surface area contributed by atoms with E-state index in [1.807, 2.05) is 59.9 Å². The Labute approximate surface area is 585 Å². The van der Waals surface area contributed by atoms with Gasteiger partial charge in [-0.1, -0.05) is 0 Å². The number of Topliss-reactive ketones (excluding diaryl/α,β-unsaturated/α-hetero) is 1. The van der Waals surface area contributed by atoms with E-state index in [4.69, 9.17) is 39.2 Å². The molecule has 11 heterocycles. The summed E-state index contributed by atoms with van der Waals surface area (Å²) in [5.74, 6) is 4.69. The van der Waals surface area contributed by atoms with Gasteiger partial charge in [0.15, 0.2) is 5.78 Å². The second-order valence-corrected chi connectivity index (χ2v) is 27.8. The molecule has 5 fully saturated rings. The topological polar surface area (TPSA) is 290 Å². The normalized spacial score (nSPS) is 21.6. The number of nitrogens with zero attached hydrogens (tertiary/aromatic N) is 15. The minimum atomic E-state index is -0.222. The predicted octanol–water partition coefficient (Wildman–Crippen LogP) is 9.56. The van der Waals surface area contributed by atoms with Crippen molar-refractivity contribution in [3.05, 3.63) is 115 Å². The van der Waals surface area contributed by atoms with E-state index in [-0.39, 0.29) is 42.2 Å². The van der Waals surface area contributed by atoms with Crippen molar-refractivity contribution in [1.82, 2.24) is 63.6 Å². The SMILES string of the molecule is COC[C@H](C)Nc1ncc2c(-c3ccc(N4CCOCC4)nc3)cc(C3CCC(O)CC3)n2n1.COC[C@H](C)Nc1ncc2c(-c3ccnc(N4CCN(C)CC4)c3)cc(C3CCC(O)CC3)n2n1.COC[C@H](C)Nc1ncc2c(-c3cncc(C(C)=O)c3)cc(C3CCC(O)CC3)n2n1. The molecular weight excluding hydrogens is 1270 g/mol. The number of carbonyl (C=O) groups is 1. The number of anilines is 5. The summed E-state index contributed by atoms with van der Waals surface area (Å²) in [5, 5.41) is 54.5. The zero-order chi connectivity index (χ0) is 69.8. The molecule has 3 atom stereocenters. The monoisotopic (exact) mass is 1370 g/mol. The van der Waals surface area contributed by atoms with Gasteiger partial charge in [-0.25, -0.2) is 38.5 Å². The summed E-state index contributed by atoms with van der Waals surface area (Å²) in [4.78, 5) is 46.3. The highest BCUT2D eigenvalue weighted by Crippen LogP contribution is 2.42. The fraction of sp³-hybridized carbons (Fsp3) is 0.541. The summed E-state index contributed by atoms with van der Waals surface area (Å²) < 4.78 is 27.2. The zero-order valence-corrected chi connectivity index (χ0v) is 59.2. The van der Waals surface area contributed by atoms with Crippen LogP contribution in [-0.2, 0) is 18.9 Å². The molecule has 6 N–H and O–H groups in total. The Kier molecular flexibility index (Phi) is 23.9. The number of aromatic nitrogens is 12. The molecule has 0 spiro atoms. The van der Waals surface area contributed by atoms with Crippen LogP contribution in [0.3, 0.4) is 0 Å². The summed E-state index contributed by atoms with van der Waals surface area (Å²) in [6.45, 7) is 16.6. The summed E-state index contributed by atoms with van der Waals surface area (Å²) >= 11 is 0. The largest absolute Gasteiger partial charge is 0.393 e. The molecule has 3 aliphatic carbocycles. The van der Waals surface area contributed by atoms with Crippen molar-refractivity contribution in [3.8, 4) is 33.4 Å². The average molecular weight is 1370 g/mol. The van der Waals surface area contributed by atoms with E-state index in [1.165, 1.54) is 11.4 Å². The van der Waals surface area contributed by atoms with Crippen molar-refractivity contribution < 1.29 is 39.1 Å². The van der Waals surface area contributed by atoms with E-state index in [0.717, 1.165) is 197 Å². The molecule has 534 valence electrons. The van der Waals surface area contributed by atoms with Gasteiger partial charge in [-0.15, -0.1) is 15.3 Å². The Balaban J connectivity index is 0.000000142. The Morgan fingerprint density at radius 2 is 0.920 bits per heavy atom. The second kappa shape index (κ2) is 33.4. The lowest BCUT2D eigenvalue weighted by Crippen LogP contribution is -2.44. The summed E-state index contributed by atoms with van der Waals surface area (Å²) in [6.07, 6.45) is 22.7. The maximum atomic E-state index is 11.9. The summed E-state index contributed by atoms with van der Waals surface area (Å²) in [6, 6.07) is 17.3. The van der Waals surface area contributed by atoms with Crippen molar-refractivity contribution in [2.24, 2.45) is 0 Å². The van der Waals surface area contributed by atoms with Crippen LogP contribution in [0.1, 0.15) is 150 Å². The highest BCUT2D eigenvalue weighted by molar-refractivity contribution is 5.95. The van der Waals surface area contributed by atoms with Crippen LogP contribution in [0.4, 0.5) is 29.5 Å². The van der Waals surface area contributed by atoms with Crippen LogP contribution in [0.5, 0.6) is 0 Å². The second-order valence-electron chi connectivity index (χ2n) is 27.8. The van der Waals surface area contributed by atoms with Crippen molar-refractivity contribution in [2.45, 2.75) is 159 Å². The van der Waals surface area contributed by atoms with Crippen LogP contribution in [-0.4, -0.2) is 222 Å². The number of likely N-dealkylation sites (N-methyl/N-ethyl adjacent to an activating group) is 1. The van der Waals surface area contributed by atoms with Crippen LogP contribution in [0.15, 0.2) is 91.9 Å². The number of ketones is 1. The number of pyridine rings is 3. The van der Waals surface area contributed by atoms with E-state index >= 15 is 0 Å².